The average molecular weight is 307 g/mol. The Labute approximate surface area is 133 Å². The first-order valence-corrected chi connectivity index (χ1v) is 8.89. The van der Waals surface area contributed by atoms with Crippen LogP contribution in [0.1, 0.15) is 64.7 Å². The number of urea groups is 1. The van der Waals surface area contributed by atoms with Gasteiger partial charge in [0.1, 0.15) is 5.54 Å². The number of carbonyl (C=O) groups excluding carboxylic acids is 2. The Morgan fingerprint density at radius 2 is 1.82 bits per heavy atom. The van der Waals surface area contributed by atoms with Crippen LogP contribution >= 0.6 is 0 Å². The Morgan fingerprint density at radius 3 is 2.50 bits per heavy atom. The minimum absolute atomic E-state index is 0.00681. The Kier molecular flexibility index (Phi) is 4.44. The first kappa shape index (κ1) is 15.8. The molecule has 5 nitrogen and oxygen atoms in total. The van der Waals surface area contributed by atoms with E-state index in [-0.39, 0.29) is 17.9 Å². The maximum absolute atomic E-state index is 12.9. The number of imide groups is 1. The lowest BCUT2D eigenvalue weighted by molar-refractivity contribution is -0.135. The third-order valence-corrected chi connectivity index (χ3v) is 6.06. The maximum Gasteiger partial charge on any atom is 0.326 e. The summed E-state index contributed by atoms with van der Waals surface area (Å²) in [4.78, 5) is 29.0. The molecular weight excluding hydrogens is 278 g/mol. The number of rotatable bonds is 3. The van der Waals surface area contributed by atoms with Crippen LogP contribution in [0.2, 0.25) is 0 Å². The Morgan fingerprint density at radius 1 is 1.14 bits per heavy atom. The van der Waals surface area contributed by atoms with Crippen molar-refractivity contribution in [3.63, 3.8) is 0 Å². The van der Waals surface area contributed by atoms with Gasteiger partial charge in [-0.2, -0.15) is 0 Å². The summed E-state index contributed by atoms with van der Waals surface area (Å²) in [5, 5.41) is 3.04. The molecule has 1 N–H and O–H groups in total. The fourth-order valence-electron chi connectivity index (χ4n) is 4.48. The van der Waals surface area contributed by atoms with E-state index in [1.165, 1.54) is 37.0 Å². The normalized spacial score (nSPS) is 33.8. The third kappa shape index (κ3) is 2.64. The molecule has 124 valence electrons. The maximum atomic E-state index is 12.9. The van der Waals surface area contributed by atoms with Crippen LogP contribution in [0.4, 0.5) is 4.79 Å². The molecule has 0 aromatic carbocycles. The van der Waals surface area contributed by atoms with E-state index in [9.17, 15) is 9.59 Å². The van der Waals surface area contributed by atoms with Gasteiger partial charge in [-0.15, -0.1) is 0 Å². The van der Waals surface area contributed by atoms with Crippen LogP contribution in [0.5, 0.6) is 0 Å². The highest BCUT2D eigenvalue weighted by atomic mass is 16.2. The van der Waals surface area contributed by atoms with Crippen molar-refractivity contribution in [2.75, 3.05) is 13.7 Å². The molecule has 1 aliphatic heterocycles. The lowest BCUT2D eigenvalue weighted by Crippen LogP contribution is -2.54. The predicted molar refractivity (Wildman–Crippen MR) is 85.2 cm³/mol. The monoisotopic (exact) mass is 307 g/mol. The van der Waals surface area contributed by atoms with Crippen molar-refractivity contribution < 1.29 is 9.59 Å². The van der Waals surface area contributed by atoms with Crippen LogP contribution in [0.25, 0.3) is 0 Å². The first-order valence-electron chi connectivity index (χ1n) is 8.89. The molecule has 22 heavy (non-hydrogen) atoms. The van der Waals surface area contributed by atoms with Crippen molar-refractivity contribution in [2.24, 2.45) is 5.92 Å². The van der Waals surface area contributed by atoms with E-state index in [0.717, 1.165) is 25.7 Å². The fourth-order valence-corrected chi connectivity index (χ4v) is 4.48. The second kappa shape index (κ2) is 6.19. The molecule has 0 aromatic rings. The van der Waals surface area contributed by atoms with Gasteiger partial charge in [0, 0.05) is 6.04 Å². The van der Waals surface area contributed by atoms with Gasteiger partial charge in [-0.05, 0) is 38.6 Å². The summed E-state index contributed by atoms with van der Waals surface area (Å²) in [7, 11) is 2.05. The second-order valence-electron chi connectivity index (χ2n) is 7.47. The van der Waals surface area contributed by atoms with Crippen molar-refractivity contribution in [1.82, 2.24) is 15.1 Å². The van der Waals surface area contributed by atoms with Crippen LogP contribution < -0.4 is 5.32 Å². The Bertz CT molecular complexity index is 447. The molecule has 0 aromatic heterocycles. The van der Waals surface area contributed by atoms with Crippen LogP contribution in [0.15, 0.2) is 0 Å². The van der Waals surface area contributed by atoms with Gasteiger partial charge in [-0.3, -0.25) is 9.69 Å². The summed E-state index contributed by atoms with van der Waals surface area (Å²) in [5.74, 6) is 0.245. The molecule has 3 aliphatic rings. The molecule has 1 saturated heterocycles. The van der Waals surface area contributed by atoms with Gasteiger partial charge in [0.15, 0.2) is 0 Å². The molecule has 2 atom stereocenters. The Hall–Kier alpha value is -1.10. The molecule has 1 heterocycles. The largest absolute Gasteiger partial charge is 0.326 e. The molecule has 1 spiro atoms. The molecule has 0 radical (unpaired) electrons. The van der Waals surface area contributed by atoms with E-state index in [0.29, 0.717) is 12.7 Å². The molecule has 3 amide bonds. The quantitative estimate of drug-likeness (QED) is 0.816. The second-order valence-corrected chi connectivity index (χ2v) is 7.47. The highest BCUT2D eigenvalue weighted by Gasteiger charge is 2.55. The summed E-state index contributed by atoms with van der Waals surface area (Å²) in [6.07, 6.45) is 10.2. The van der Waals surface area contributed by atoms with Gasteiger partial charge in [0.2, 0.25) is 0 Å². The van der Waals surface area contributed by atoms with Crippen molar-refractivity contribution in [3.05, 3.63) is 0 Å². The highest BCUT2D eigenvalue weighted by Crippen LogP contribution is 2.38. The lowest BCUT2D eigenvalue weighted by atomic mass is 9.73. The van der Waals surface area contributed by atoms with Crippen molar-refractivity contribution in [1.29, 1.82) is 0 Å². The zero-order valence-electron chi connectivity index (χ0n) is 13.9. The zero-order valence-corrected chi connectivity index (χ0v) is 13.9. The number of nitrogens with zero attached hydrogens (tertiary/aromatic N) is 2. The van der Waals surface area contributed by atoms with Gasteiger partial charge in [0.05, 0.1) is 6.67 Å². The standard InChI is InChI=1S/C17H29N3O2/c1-13-8-6-7-11-17(13)15(21)20(16(22)18-17)12-19(2)14-9-4-3-5-10-14/h13-14H,3-12H2,1-2H3,(H,18,22). The number of carbonyl (C=O) groups is 2. The SMILES string of the molecule is CC1CCCCC12NC(=O)N(CN(C)C1CCCCC1)C2=O. The molecule has 2 aliphatic carbocycles. The summed E-state index contributed by atoms with van der Waals surface area (Å²) in [6.45, 7) is 2.54. The van der Waals surface area contributed by atoms with Gasteiger partial charge < -0.3 is 5.32 Å². The molecule has 2 unspecified atom stereocenters. The number of hydrogen-bond acceptors (Lipinski definition) is 3. The van der Waals surface area contributed by atoms with Crippen LogP contribution in [0.3, 0.4) is 0 Å². The number of hydrogen-bond donors (Lipinski definition) is 1. The number of amides is 3. The van der Waals surface area contributed by atoms with Gasteiger partial charge in [-0.1, -0.05) is 39.0 Å². The summed E-state index contributed by atoms with van der Waals surface area (Å²) in [5.41, 5.74) is -0.622. The molecule has 3 rings (SSSR count). The molecule has 3 fully saturated rings. The van der Waals surface area contributed by atoms with E-state index in [2.05, 4.69) is 17.1 Å². The van der Waals surface area contributed by atoms with Crippen molar-refractivity contribution in [3.8, 4) is 0 Å². The van der Waals surface area contributed by atoms with E-state index in [1.54, 1.807) is 0 Å². The third-order valence-electron chi connectivity index (χ3n) is 6.06. The average Bonchev–Trinajstić information content (AvgIpc) is 2.76. The van der Waals surface area contributed by atoms with Gasteiger partial charge in [-0.25, -0.2) is 9.69 Å². The van der Waals surface area contributed by atoms with Gasteiger partial charge >= 0.3 is 6.03 Å². The van der Waals surface area contributed by atoms with Crippen molar-refractivity contribution >= 4 is 11.9 Å². The first-order chi connectivity index (χ1) is 10.5. The van der Waals surface area contributed by atoms with E-state index in [4.69, 9.17) is 0 Å². The molecule has 0 bridgehead atoms. The summed E-state index contributed by atoms with van der Waals surface area (Å²) < 4.78 is 0. The summed E-state index contributed by atoms with van der Waals surface area (Å²) in [6, 6.07) is 0.316. The van der Waals surface area contributed by atoms with E-state index in [1.807, 2.05) is 7.05 Å². The molecule has 2 saturated carbocycles. The van der Waals surface area contributed by atoms with Crippen molar-refractivity contribution in [2.45, 2.75) is 76.3 Å². The molecule has 5 heteroatoms. The topological polar surface area (TPSA) is 52.7 Å². The highest BCUT2D eigenvalue weighted by molar-refractivity contribution is 6.07. The van der Waals surface area contributed by atoms with Crippen LogP contribution in [-0.2, 0) is 4.79 Å². The van der Waals surface area contributed by atoms with Crippen LogP contribution in [0, 0.1) is 5.92 Å². The Balaban J connectivity index is 1.69. The zero-order chi connectivity index (χ0) is 15.7. The summed E-state index contributed by atoms with van der Waals surface area (Å²) >= 11 is 0. The van der Waals surface area contributed by atoms with E-state index >= 15 is 0 Å². The number of nitrogens with one attached hydrogen (secondary N) is 1. The minimum Gasteiger partial charge on any atom is -0.323 e. The lowest BCUT2D eigenvalue weighted by Gasteiger charge is -2.37. The fraction of sp³-hybridized carbons (Fsp3) is 0.882. The van der Waals surface area contributed by atoms with E-state index < -0.39 is 5.54 Å². The van der Waals surface area contributed by atoms with Gasteiger partial charge in [0.25, 0.3) is 5.91 Å². The predicted octanol–water partition coefficient (Wildman–Crippen LogP) is 2.71. The minimum atomic E-state index is -0.622. The molecular formula is C17H29N3O2. The van der Waals surface area contributed by atoms with Crippen LogP contribution in [-0.4, -0.2) is 47.0 Å². The smallest absolute Gasteiger partial charge is 0.323 e.